The predicted molar refractivity (Wildman–Crippen MR) is 34.1 cm³/mol. The van der Waals surface area contributed by atoms with E-state index in [0.29, 0.717) is 0 Å². The summed E-state index contributed by atoms with van der Waals surface area (Å²) in [7, 11) is -0.412. The van der Waals surface area contributed by atoms with Crippen molar-refractivity contribution < 1.29 is 25.4 Å². The van der Waals surface area contributed by atoms with Gasteiger partial charge in [0, 0.05) is 0 Å². The molecule has 0 aliphatic rings. The first-order chi connectivity index (χ1) is 5.68. The van der Waals surface area contributed by atoms with Gasteiger partial charge in [0.1, 0.15) is 6.40 Å². The molecule has 0 aromatic heterocycles. The van der Waals surface area contributed by atoms with Crippen LogP contribution in [-0.2, 0) is 9.53 Å². The number of hydrogen-bond donors (Lipinski definition) is 0. The summed E-state index contributed by atoms with van der Waals surface area (Å²) in [5, 5.41) is -0.197. The lowest BCUT2D eigenvalue weighted by molar-refractivity contribution is -0.135. The minimum absolute atomic E-state index is 0.197. The number of halogens is 4. The van der Waals surface area contributed by atoms with E-state index in [4.69, 9.17) is 14.3 Å². The fourth-order valence-corrected chi connectivity index (χ4v) is 0.133. The molecule has 66 valence electrons. The van der Waals surface area contributed by atoms with Crippen LogP contribution >= 0.6 is 11.6 Å². The number of carbonyl (C=O) groups is 1. The summed E-state index contributed by atoms with van der Waals surface area (Å²) in [6.07, 6.45) is 0. The van der Waals surface area contributed by atoms with Gasteiger partial charge in [-0.25, -0.2) is 4.79 Å². The average molecular weight is 193 g/mol. The minimum Gasteiger partial charge on any atom is -0.465 e. The third-order valence-corrected chi connectivity index (χ3v) is 0.507. The number of rotatable bonds is 1. The fraction of sp³-hybridized carbons (Fsp3) is 0.400. The molecule has 0 atom stereocenters. The molecule has 11 heavy (non-hydrogen) atoms. The highest BCUT2D eigenvalue weighted by atomic mass is 35.5. The molecule has 0 radical (unpaired) electrons. The lowest BCUT2D eigenvalue weighted by Crippen LogP contribution is -1.97. The average Bonchev–Trinajstić information content (AvgIpc) is 1.84. The Hall–Kier alpha value is -0.710. The smallest absolute Gasteiger partial charge is 0.379 e. The van der Waals surface area contributed by atoms with E-state index in [1.54, 1.807) is 0 Å². The van der Waals surface area contributed by atoms with Crippen LogP contribution in [0.1, 0.15) is 2.74 Å². The van der Waals surface area contributed by atoms with Crippen LogP contribution < -0.4 is 0 Å². The number of alkyl halides is 3. The number of hydrogen-bond acceptors (Lipinski definition) is 2. The number of esters is 1. The van der Waals surface area contributed by atoms with E-state index in [9.17, 15) is 18.0 Å². The maximum Gasteiger partial charge on any atom is 0.379 e. The fourth-order valence-electron chi connectivity index (χ4n) is 0.0783. The van der Waals surface area contributed by atoms with Gasteiger partial charge in [-0.2, -0.15) is 13.2 Å². The molecule has 0 rings (SSSR count). The second-order valence-corrected chi connectivity index (χ2v) is 1.51. The Morgan fingerprint density at radius 1 is 1.82 bits per heavy atom. The number of carbonyl (C=O) groups excluding carboxylic acids is 1. The monoisotopic (exact) mass is 192 g/mol. The summed E-state index contributed by atoms with van der Waals surface area (Å²) >= 11 is 5.05. The standard InChI is InChI=1S/C4H5ClO2.CHF3/c1-3(5)4(6)7-2;2-1(3)4/h1H2,2H3;1H/i2D;1D. The van der Waals surface area contributed by atoms with Crippen LogP contribution in [0.2, 0.25) is 0 Å². The van der Waals surface area contributed by atoms with Crippen molar-refractivity contribution in [2.24, 2.45) is 0 Å². The van der Waals surface area contributed by atoms with Gasteiger partial charge in [-0.3, -0.25) is 0 Å². The molecular formula is C5H6ClF3O2. The molecule has 0 unspecified atom stereocenters. The molecule has 0 aliphatic carbocycles. The summed E-state index contributed by atoms with van der Waals surface area (Å²) in [4.78, 5) is 10.2. The molecule has 0 spiro atoms. The van der Waals surface area contributed by atoms with Crippen molar-refractivity contribution in [1.82, 2.24) is 0 Å². The van der Waals surface area contributed by atoms with Gasteiger partial charge in [0.15, 0.2) is 0 Å². The summed E-state index contributed by atoms with van der Waals surface area (Å²) < 4.78 is 45.5. The molecule has 6 heteroatoms. The van der Waals surface area contributed by atoms with Crippen molar-refractivity contribution in [2.75, 3.05) is 7.09 Å². The van der Waals surface area contributed by atoms with Gasteiger partial charge < -0.3 is 4.74 Å². The third-order valence-electron chi connectivity index (χ3n) is 0.353. The Kier molecular flexibility index (Phi) is 5.64. The normalized spacial score (nSPS) is 11.6. The molecule has 0 aliphatic heterocycles. The molecule has 0 fully saturated rings. The predicted octanol–water partition coefficient (Wildman–Crippen LogP) is 2.09. The molecule has 0 N–H and O–H groups in total. The van der Waals surface area contributed by atoms with E-state index < -0.39 is 19.7 Å². The van der Waals surface area contributed by atoms with Crippen molar-refractivity contribution in [3.8, 4) is 0 Å². The van der Waals surface area contributed by atoms with Crippen molar-refractivity contribution in [1.29, 1.82) is 0 Å². The highest BCUT2D eigenvalue weighted by Gasteiger charge is 1.98. The van der Waals surface area contributed by atoms with Gasteiger partial charge in [-0.05, 0) is 0 Å². The molecule has 0 heterocycles. The summed E-state index contributed by atoms with van der Waals surface area (Å²) in [5.74, 6) is -0.735. The number of methoxy groups -OCH3 is 1. The van der Waals surface area contributed by atoms with E-state index in [-0.39, 0.29) is 5.03 Å². The minimum atomic E-state index is -4.75. The van der Waals surface area contributed by atoms with Crippen LogP contribution in [0.25, 0.3) is 0 Å². The first-order valence-electron chi connectivity index (χ1n) is 3.26. The second kappa shape index (κ2) is 7.40. The lowest BCUT2D eigenvalue weighted by Gasteiger charge is -1.89. The van der Waals surface area contributed by atoms with Crippen molar-refractivity contribution in [2.45, 2.75) is 6.66 Å². The van der Waals surface area contributed by atoms with Crippen LogP contribution in [0.5, 0.6) is 0 Å². The van der Waals surface area contributed by atoms with Gasteiger partial charge >= 0.3 is 12.6 Å². The van der Waals surface area contributed by atoms with Crippen LogP contribution in [0.15, 0.2) is 11.6 Å². The molecular weight excluding hydrogens is 184 g/mol. The van der Waals surface area contributed by atoms with Crippen LogP contribution in [-0.4, -0.2) is 19.7 Å². The molecule has 2 nitrogen and oxygen atoms in total. The summed E-state index contributed by atoms with van der Waals surface area (Å²) in [6, 6.07) is 0. The Morgan fingerprint density at radius 2 is 2.18 bits per heavy atom. The zero-order chi connectivity index (χ0) is 11.1. The molecule has 0 saturated carbocycles. The highest BCUT2D eigenvalue weighted by molar-refractivity contribution is 6.40. The summed E-state index contributed by atoms with van der Waals surface area (Å²) in [5.41, 5.74) is 0. The SMILES string of the molecule is [2H]C(F)(F)F.[2H]COC(=O)C(=C)Cl. The second-order valence-electron chi connectivity index (χ2n) is 1.05. The highest BCUT2D eigenvalue weighted by Crippen LogP contribution is 1.96. The molecule has 0 amide bonds. The Bertz CT molecular complexity index is 177. The Balaban J connectivity index is 0. The number of ether oxygens (including phenoxy) is 1. The van der Waals surface area contributed by atoms with Gasteiger partial charge in [0.2, 0.25) is 0 Å². The Morgan fingerprint density at radius 3 is 2.27 bits per heavy atom. The van der Waals surface area contributed by atoms with E-state index in [2.05, 4.69) is 11.3 Å². The van der Waals surface area contributed by atoms with Crippen LogP contribution in [0.4, 0.5) is 13.2 Å². The van der Waals surface area contributed by atoms with E-state index in [0.717, 1.165) is 0 Å². The first kappa shape index (κ1) is 8.39. The van der Waals surface area contributed by atoms with E-state index in [1.807, 2.05) is 0 Å². The maximum absolute atomic E-state index is 10.2. The van der Waals surface area contributed by atoms with E-state index >= 15 is 0 Å². The van der Waals surface area contributed by atoms with E-state index in [1.165, 1.54) is 0 Å². The molecule has 0 saturated heterocycles. The van der Waals surface area contributed by atoms with Crippen molar-refractivity contribution in [3.63, 3.8) is 0 Å². The van der Waals surface area contributed by atoms with Crippen LogP contribution in [0, 0.1) is 0 Å². The van der Waals surface area contributed by atoms with Gasteiger partial charge in [-0.1, -0.05) is 18.2 Å². The zero-order valence-electron chi connectivity index (χ0n) is 7.24. The largest absolute Gasteiger partial charge is 0.465 e. The zero-order valence-corrected chi connectivity index (χ0v) is 6.00. The lowest BCUT2D eigenvalue weighted by atomic mass is 10.7. The van der Waals surface area contributed by atoms with Gasteiger partial charge in [-0.15, -0.1) is 0 Å². The Labute approximate surface area is 69.4 Å². The first-order valence-corrected chi connectivity index (χ1v) is 2.43. The van der Waals surface area contributed by atoms with Gasteiger partial charge in [0.25, 0.3) is 0 Å². The third kappa shape index (κ3) is 17.6. The van der Waals surface area contributed by atoms with Crippen molar-refractivity contribution >= 4 is 17.6 Å². The topological polar surface area (TPSA) is 26.3 Å². The quantitative estimate of drug-likeness (QED) is 0.470. The van der Waals surface area contributed by atoms with Gasteiger partial charge in [0.05, 0.1) is 8.46 Å². The van der Waals surface area contributed by atoms with Crippen LogP contribution in [0.3, 0.4) is 0 Å². The molecule has 0 bridgehead atoms. The van der Waals surface area contributed by atoms with Crippen molar-refractivity contribution in [3.05, 3.63) is 11.6 Å². The molecule has 0 aromatic carbocycles. The summed E-state index contributed by atoms with van der Waals surface area (Å²) in [6.45, 7) is -1.67. The molecule has 0 aromatic rings. The maximum atomic E-state index is 10.2.